The number of carboxylic acids is 1. The minimum absolute atomic E-state index is 0.0831. The van der Waals surface area contributed by atoms with Crippen LogP contribution in [-0.2, 0) is 9.53 Å². The van der Waals surface area contributed by atoms with Crippen LogP contribution in [0.25, 0.3) is 22.3 Å². The number of hydrogen-bond donors (Lipinski definition) is 1. The SMILES string of the molecule is COc1cc(OCCOC2CC(C(=O)O)C2)c(-c2cc(=O)c3cccc(Cl)c3o2)cc1OC. The first-order valence-electron chi connectivity index (χ1n) is 10.4. The van der Waals surface area contributed by atoms with E-state index >= 15 is 0 Å². The van der Waals surface area contributed by atoms with Crippen molar-refractivity contribution in [1.29, 1.82) is 0 Å². The number of hydrogen-bond acceptors (Lipinski definition) is 7. The molecule has 9 heteroatoms. The summed E-state index contributed by atoms with van der Waals surface area (Å²) >= 11 is 6.25. The van der Waals surface area contributed by atoms with Crippen LogP contribution >= 0.6 is 11.6 Å². The first kappa shape index (κ1) is 22.9. The van der Waals surface area contributed by atoms with E-state index < -0.39 is 5.97 Å². The van der Waals surface area contributed by atoms with E-state index in [4.69, 9.17) is 40.1 Å². The highest BCUT2D eigenvalue weighted by molar-refractivity contribution is 6.34. The van der Waals surface area contributed by atoms with Gasteiger partial charge in [0.15, 0.2) is 22.5 Å². The highest BCUT2D eigenvalue weighted by atomic mass is 35.5. The van der Waals surface area contributed by atoms with Crippen molar-refractivity contribution in [2.24, 2.45) is 5.92 Å². The lowest BCUT2D eigenvalue weighted by molar-refractivity contribution is -0.151. The third-order valence-electron chi connectivity index (χ3n) is 5.60. The average Bonchev–Trinajstić information content (AvgIpc) is 2.77. The minimum Gasteiger partial charge on any atom is -0.493 e. The molecule has 0 spiro atoms. The van der Waals surface area contributed by atoms with Gasteiger partial charge in [0.25, 0.3) is 0 Å². The van der Waals surface area contributed by atoms with Gasteiger partial charge in [-0.1, -0.05) is 17.7 Å². The molecule has 1 heterocycles. The van der Waals surface area contributed by atoms with E-state index in [1.807, 2.05) is 0 Å². The van der Waals surface area contributed by atoms with Crippen LogP contribution < -0.4 is 19.6 Å². The van der Waals surface area contributed by atoms with Crippen molar-refractivity contribution in [1.82, 2.24) is 0 Å². The molecule has 0 radical (unpaired) electrons. The van der Waals surface area contributed by atoms with Crippen LogP contribution in [0.2, 0.25) is 5.02 Å². The summed E-state index contributed by atoms with van der Waals surface area (Å²) in [5.41, 5.74) is 0.528. The van der Waals surface area contributed by atoms with Gasteiger partial charge in [-0.3, -0.25) is 9.59 Å². The highest BCUT2D eigenvalue weighted by Gasteiger charge is 2.35. The largest absolute Gasteiger partial charge is 0.493 e. The van der Waals surface area contributed by atoms with Crippen molar-refractivity contribution < 1.29 is 33.3 Å². The fourth-order valence-corrected chi connectivity index (χ4v) is 3.93. The Morgan fingerprint density at radius 3 is 2.52 bits per heavy atom. The fourth-order valence-electron chi connectivity index (χ4n) is 3.72. The topological polar surface area (TPSA) is 104 Å². The minimum atomic E-state index is -0.793. The Hall–Kier alpha value is -3.23. The van der Waals surface area contributed by atoms with Crippen molar-refractivity contribution in [2.75, 3.05) is 27.4 Å². The van der Waals surface area contributed by atoms with Gasteiger partial charge >= 0.3 is 5.97 Å². The number of methoxy groups -OCH3 is 2. The summed E-state index contributed by atoms with van der Waals surface area (Å²) in [7, 11) is 3.02. The number of fused-ring (bicyclic) bond motifs is 1. The highest BCUT2D eigenvalue weighted by Crippen LogP contribution is 2.41. The summed E-state index contributed by atoms with van der Waals surface area (Å²) in [6, 6.07) is 9.68. The number of ether oxygens (including phenoxy) is 4. The van der Waals surface area contributed by atoms with Gasteiger partial charge in [-0.2, -0.15) is 0 Å². The third kappa shape index (κ3) is 4.77. The summed E-state index contributed by atoms with van der Waals surface area (Å²) in [6.07, 6.45) is 0.917. The summed E-state index contributed by atoms with van der Waals surface area (Å²) in [6.45, 7) is 0.480. The molecule has 174 valence electrons. The zero-order valence-electron chi connectivity index (χ0n) is 18.1. The molecule has 0 saturated heterocycles. The molecule has 1 fully saturated rings. The van der Waals surface area contributed by atoms with Crippen molar-refractivity contribution >= 4 is 28.5 Å². The maximum atomic E-state index is 12.7. The molecule has 1 N–H and O–H groups in total. The van der Waals surface area contributed by atoms with E-state index in [2.05, 4.69) is 0 Å². The van der Waals surface area contributed by atoms with E-state index in [0.717, 1.165) is 0 Å². The maximum Gasteiger partial charge on any atom is 0.306 e. The van der Waals surface area contributed by atoms with E-state index in [-0.39, 0.29) is 42.0 Å². The van der Waals surface area contributed by atoms with Gasteiger partial charge in [0.1, 0.15) is 18.1 Å². The molecule has 1 aromatic heterocycles. The lowest BCUT2D eigenvalue weighted by atomic mass is 9.82. The summed E-state index contributed by atoms with van der Waals surface area (Å²) < 4.78 is 28.4. The molecule has 0 bridgehead atoms. The summed E-state index contributed by atoms with van der Waals surface area (Å²) in [4.78, 5) is 23.6. The van der Waals surface area contributed by atoms with Gasteiger partial charge in [-0.15, -0.1) is 0 Å². The molecule has 0 atom stereocenters. The molecule has 1 saturated carbocycles. The molecule has 1 aliphatic carbocycles. The molecular formula is C24H23ClO8. The molecule has 0 unspecified atom stereocenters. The molecular weight excluding hydrogens is 452 g/mol. The van der Waals surface area contributed by atoms with Gasteiger partial charge in [0, 0.05) is 12.1 Å². The smallest absolute Gasteiger partial charge is 0.306 e. The normalized spacial score (nSPS) is 17.4. The standard InChI is InChI=1S/C24H23ClO8/c1-29-21-10-16(20-11-18(26)15-4-3-5-17(25)23(15)33-20)19(12-22(21)30-2)32-7-6-31-14-8-13(9-14)24(27)28/h3-5,10-14H,6-9H2,1-2H3,(H,27,28). The van der Waals surface area contributed by atoms with Gasteiger partial charge in [0.2, 0.25) is 0 Å². The molecule has 0 aliphatic heterocycles. The van der Waals surface area contributed by atoms with Crippen LogP contribution in [0.3, 0.4) is 0 Å². The lowest BCUT2D eigenvalue weighted by Gasteiger charge is -2.32. The molecule has 3 aromatic rings. The average molecular weight is 475 g/mol. The van der Waals surface area contributed by atoms with Gasteiger partial charge in [-0.05, 0) is 31.0 Å². The maximum absolute atomic E-state index is 12.7. The molecule has 8 nitrogen and oxygen atoms in total. The fraction of sp³-hybridized carbons (Fsp3) is 0.333. The molecule has 2 aromatic carbocycles. The third-order valence-corrected chi connectivity index (χ3v) is 5.89. The molecule has 33 heavy (non-hydrogen) atoms. The van der Waals surface area contributed by atoms with Crippen LogP contribution in [0.5, 0.6) is 17.2 Å². The van der Waals surface area contributed by atoms with Crippen molar-refractivity contribution in [3.63, 3.8) is 0 Å². The number of carboxylic acid groups (broad SMARTS) is 1. The van der Waals surface area contributed by atoms with Crippen LogP contribution in [0.15, 0.2) is 45.6 Å². The molecule has 0 amide bonds. The van der Waals surface area contributed by atoms with Crippen LogP contribution in [0, 0.1) is 5.92 Å². The monoisotopic (exact) mass is 474 g/mol. The van der Waals surface area contributed by atoms with Crippen LogP contribution in [-0.4, -0.2) is 44.6 Å². The summed E-state index contributed by atoms with van der Waals surface area (Å²) in [5.74, 6) is 0.423. The Kier molecular flexibility index (Phi) is 6.76. The number of para-hydroxylation sites is 1. The van der Waals surface area contributed by atoms with Gasteiger partial charge in [-0.25, -0.2) is 0 Å². The number of aliphatic carboxylic acids is 1. The second-order valence-corrected chi connectivity index (χ2v) is 8.05. The number of carbonyl (C=O) groups is 1. The van der Waals surface area contributed by atoms with E-state index in [9.17, 15) is 9.59 Å². The van der Waals surface area contributed by atoms with Crippen molar-refractivity contribution in [2.45, 2.75) is 18.9 Å². The van der Waals surface area contributed by atoms with Gasteiger partial charge < -0.3 is 28.5 Å². The van der Waals surface area contributed by atoms with Crippen LogP contribution in [0.4, 0.5) is 0 Å². The Balaban J connectivity index is 1.59. The zero-order chi connectivity index (χ0) is 23.5. The first-order chi connectivity index (χ1) is 15.9. The Morgan fingerprint density at radius 2 is 1.82 bits per heavy atom. The van der Waals surface area contributed by atoms with E-state index in [1.165, 1.54) is 20.3 Å². The number of halogens is 1. The molecule has 4 rings (SSSR count). The Morgan fingerprint density at radius 1 is 1.09 bits per heavy atom. The predicted octanol–water partition coefficient (Wildman–Crippen LogP) is 4.39. The Labute approximate surface area is 194 Å². The Bertz CT molecular complexity index is 1230. The lowest BCUT2D eigenvalue weighted by Crippen LogP contribution is -2.37. The number of benzene rings is 2. The van der Waals surface area contributed by atoms with E-state index in [0.29, 0.717) is 46.1 Å². The summed E-state index contributed by atoms with van der Waals surface area (Å²) in [5, 5.41) is 9.66. The van der Waals surface area contributed by atoms with Gasteiger partial charge in [0.05, 0.1) is 48.8 Å². The number of rotatable bonds is 9. The van der Waals surface area contributed by atoms with E-state index in [1.54, 1.807) is 30.3 Å². The second-order valence-electron chi connectivity index (χ2n) is 7.64. The predicted molar refractivity (Wildman–Crippen MR) is 122 cm³/mol. The molecule has 1 aliphatic rings. The van der Waals surface area contributed by atoms with Crippen molar-refractivity contribution in [3.05, 3.63) is 51.6 Å². The second kappa shape index (κ2) is 9.72. The van der Waals surface area contributed by atoms with Crippen molar-refractivity contribution in [3.8, 4) is 28.6 Å². The zero-order valence-corrected chi connectivity index (χ0v) is 18.9. The van der Waals surface area contributed by atoms with Crippen LogP contribution in [0.1, 0.15) is 12.8 Å². The first-order valence-corrected chi connectivity index (χ1v) is 10.7. The quantitative estimate of drug-likeness (QED) is 0.455.